The number of aromatic nitrogens is 1. The number of nitrogens with one attached hydrogen (secondary N) is 1. The molecule has 0 aliphatic rings. The number of nitrogens with zero attached hydrogens (tertiary/aromatic N) is 1. The van der Waals surface area contributed by atoms with Crippen LogP contribution < -0.4 is 5.32 Å². The van der Waals surface area contributed by atoms with E-state index in [-0.39, 0.29) is 13.2 Å². The number of aliphatic hydroxyl groups is 2. The van der Waals surface area contributed by atoms with E-state index in [9.17, 15) is 10.2 Å². The Hall–Kier alpha value is -1.17. The summed E-state index contributed by atoms with van der Waals surface area (Å²) in [7, 11) is 0. The lowest BCUT2D eigenvalue weighted by Gasteiger charge is -2.30. The second-order valence-corrected chi connectivity index (χ2v) is 5.01. The molecule has 4 nitrogen and oxygen atoms in total. The number of rotatable bonds is 5. The number of thiophene rings is 1. The highest BCUT2D eigenvalue weighted by atomic mass is 32.1. The van der Waals surface area contributed by atoms with Crippen LogP contribution in [0.1, 0.15) is 13.3 Å². The van der Waals surface area contributed by atoms with E-state index in [2.05, 4.69) is 10.3 Å². The Labute approximate surface area is 104 Å². The number of aliphatic hydroxyl groups excluding tert-OH is 2. The molecule has 17 heavy (non-hydrogen) atoms. The maximum absolute atomic E-state index is 9.41. The first-order valence-electron chi connectivity index (χ1n) is 5.57. The fraction of sp³-hybridized carbons (Fsp3) is 0.417. The minimum atomic E-state index is -0.705. The molecule has 2 aromatic rings. The highest BCUT2D eigenvalue weighted by molar-refractivity contribution is 7.17. The summed E-state index contributed by atoms with van der Waals surface area (Å²) < 4.78 is 1.14. The van der Waals surface area contributed by atoms with E-state index < -0.39 is 5.54 Å². The van der Waals surface area contributed by atoms with E-state index in [4.69, 9.17) is 0 Å². The van der Waals surface area contributed by atoms with Crippen molar-refractivity contribution in [3.8, 4) is 0 Å². The molecule has 2 heterocycles. The quantitative estimate of drug-likeness (QED) is 0.759. The largest absolute Gasteiger partial charge is 0.394 e. The van der Waals surface area contributed by atoms with Crippen molar-refractivity contribution in [3.63, 3.8) is 0 Å². The topological polar surface area (TPSA) is 65.4 Å². The van der Waals surface area contributed by atoms with Crippen molar-refractivity contribution < 1.29 is 10.2 Å². The average Bonchev–Trinajstić information content (AvgIpc) is 2.85. The standard InChI is InChI=1S/C12H16N2O2S/c1-2-12(7-15,8-16)14-11-9-4-6-17-10(9)3-5-13-11/h3-6,15-16H,2,7-8H2,1H3,(H,13,14). The van der Waals surface area contributed by atoms with Gasteiger partial charge in [-0.2, -0.15) is 0 Å². The summed E-state index contributed by atoms with van der Waals surface area (Å²) in [4.78, 5) is 4.28. The zero-order valence-electron chi connectivity index (χ0n) is 9.68. The lowest BCUT2D eigenvalue weighted by molar-refractivity contribution is 0.132. The molecule has 0 atom stereocenters. The van der Waals surface area contributed by atoms with Crippen LogP contribution in [0.25, 0.3) is 10.1 Å². The molecular weight excluding hydrogens is 236 g/mol. The van der Waals surface area contributed by atoms with Gasteiger partial charge in [0.2, 0.25) is 0 Å². The summed E-state index contributed by atoms with van der Waals surface area (Å²) in [6.07, 6.45) is 2.36. The molecule has 0 aliphatic carbocycles. The smallest absolute Gasteiger partial charge is 0.135 e. The van der Waals surface area contributed by atoms with Crippen molar-refractivity contribution >= 4 is 27.2 Å². The molecule has 92 valence electrons. The molecule has 0 spiro atoms. The van der Waals surface area contributed by atoms with E-state index in [1.165, 1.54) is 0 Å². The Morgan fingerprint density at radius 3 is 2.76 bits per heavy atom. The molecular formula is C12H16N2O2S. The van der Waals surface area contributed by atoms with E-state index in [0.717, 1.165) is 10.1 Å². The van der Waals surface area contributed by atoms with Gasteiger partial charge in [-0.25, -0.2) is 4.98 Å². The van der Waals surface area contributed by atoms with Gasteiger partial charge in [0.05, 0.1) is 18.8 Å². The van der Waals surface area contributed by atoms with Gasteiger partial charge in [0.25, 0.3) is 0 Å². The van der Waals surface area contributed by atoms with Gasteiger partial charge in [-0.15, -0.1) is 11.3 Å². The second-order valence-electron chi connectivity index (χ2n) is 4.07. The number of anilines is 1. The van der Waals surface area contributed by atoms with Crippen LogP contribution in [0.15, 0.2) is 23.7 Å². The molecule has 0 aromatic carbocycles. The monoisotopic (exact) mass is 252 g/mol. The minimum Gasteiger partial charge on any atom is -0.394 e. The SMILES string of the molecule is CCC(CO)(CO)Nc1nccc2sccc12. The third kappa shape index (κ3) is 2.26. The van der Waals surface area contributed by atoms with E-state index in [1.54, 1.807) is 17.5 Å². The Balaban J connectivity index is 2.37. The zero-order chi connectivity index (χ0) is 12.3. The fourth-order valence-electron chi connectivity index (χ4n) is 1.69. The third-order valence-electron chi connectivity index (χ3n) is 3.05. The van der Waals surface area contributed by atoms with Gasteiger partial charge in [0, 0.05) is 16.3 Å². The summed E-state index contributed by atoms with van der Waals surface area (Å²) in [6, 6.07) is 3.95. The van der Waals surface area contributed by atoms with Gasteiger partial charge in [0.1, 0.15) is 5.82 Å². The van der Waals surface area contributed by atoms with Gasteiger partial charge < -0.3 is 15.5 Å². The predicted molar refractivity (Wildman–Crippen MR) is 70.4 cm³/mol. The number of hydrogen-bond donors (Lipinski definition) is 3. The molecule has 0 saturated carbocycles. The molecule has 0 amide bonds. The first kappa shape index (κ1) is 12.3. The molecule has 2 aromatic heterocycles. The first-order valence-corrected chi connectivity index (χ1v) is 6.45. The van der Waals surface area contributed by atoms with Crippen LogP contribution in [0.4, 0.5) is 5.82 Å². The molecule has 0 unspecified atom stereocenters. The van der Waals surface area contributed by atoms with Crippen LogP contribution in [0, 0.1) is 0 Å². The molecule has 2 rings (SSSR count). The van der Waals surface area contributed by atoms with Gasteiger partial charge in [-0.05, 0) is 23.9 Å². The predicted octanol–water partition coefficient (Wildman–Crippen LogP) is 1.84. The highest BCUT2D eigenvalue weighted by Crippen LogP contribution is 2.28. The molecule has 0 bridgehead atoms. The van der Waals surface area contributed by atoms with E-state index in [1.807, 2.05) is 24.4 Å². The van der Waals surface area contributed by atoms with Crippen molar-refractivity contribution in [2.75, 3.05) is 18.5 Å². The Bertz CT molecular complexity index is 486. The molecule has 0 saturated heterocycles. The molecule has 3 N–H and O–H groups in total. The van der Waals surface area contributed by atoms with Crippen LogP contribution in [0.2, 0.25) is 0 Å². The van der Waals surface area contributed by atoms with Gasteiger partial charge >= 0.3 is 0 Å². The normalized spacial score (nSPS) is 11.9. The summed E-state index contributed by atoms with van der Waals surface area (Å²) in [5, 5.41) is 25.0. The Morgan fingerprint density at radius 2 is 2.12 bits per heavy atom. The molecule has 0 fully saturated rings. The van der Waals surface area contributed by atoms with Crippen molar-refractivity contribution in [2.24, 2.45) is 0 Å². The van der Waals surface area contributed by atoms with Crippen molar-refractivity contribution in [3.05, 3.63) is 23.7 Å². The average molecular weight is 252 g/mol. The van der Waals surface area contributed by atoms with Gasteiger partial charge in [-0.1, -0.05) is 6.92 Å². The summed E-state index contributed by atoms with van der Waals surface area (Å²) in [6.45, 7) is 1.68. The van der Waals surface area contributed by atoms with Crippen molar-refractivity contribution in [1.82, 2.24) is 4.98 Å². The summed E-state index contributed by atoms with van der Waals surface area (Å²) in [5.41, 5.74) is -0.705. The van der Waals surface area contributed by atoms with E-state index >= 15 is 0 Å². The third-order valence-corrected chi connectivity index (χ3v) is 3.93. The lowest BCUT2D eigenvalue weighted by atomic mass is 9.98. The second kappa shape index (κ2) is 5.00. The fourth-order valence-corrected chi connectivity index (χ4v) is 2.47. The highest BCUT2D eigenvalue weighted by Gasteiger charge is 2.27. The van der Waals surface area contributed by atoms with Crippen LogP contribution in [0.3, 0.4) is 0 Å². The molecule has 0 aliphatic heterocycles. The molecule has 0 radical (unpaired) electrons. The Morgan fingerprint density at radius 1 is 1.35 bits per heavy atom. The van der Waals surface area contributed by atoms with Crippen LogP contribution in [-0.4, -0.2) is 33.9 Å². The number of fused-ring (bicyclic) bond motifs is 1. The van der Waals surface area contributed by atoms with Crippen LogP contribution in [0.5, 0.6) is 0 Å². The maximum Gasteiger partial charge on any atom is 0.135 e. The number of hydrogen-bond acceptors (Lipinski definition) is 5. The minimum absolute atomic E-state index is 0.123. The summed E-state index contributed by atoms with van der Waals surface area (Å²) >= 11 is 1.65. The number of pyridine rings is 1. The van der Waals surface area contributed by atoms with E-state index in [0.29, 0.717) is 12.2 Å². The zero-order valence-corrected chi connectivity index (χ0v) is 10.5. The summed E-state index contributed by atoms with van der Waals surface area (Å²) in [5.74, 6) is 0.716. The van der Waals surface area contributed by atoms with Crippen LogP contribution in [-0.2, 0) is 0 Å². The van der Waals surface area contributed by atoms with Crippen molar-refractivity contribution in [2.45, 2.75) is 18.9 Å². The Kier molecular flexibility index (Phi) is 3.61. The maximum atomic E-state index is 9.41. The first-order chi connectivity index (χ1) is 8.24. The van der Waals surface area contributed by atoms with Gasteiger partial charge in [-0.3, -0.25) is 0 Å². The van der Waals surface area contributed by atoms with Crippen molar-refractivity contribution in [1.29, 1.82) is 0 Å². The van der Waals surface area contributed by atoms with Gasteiger partial charge in [0.15, 0.2) is 0 Å². The lowest BCUT2D eigenvalue weighted by Crippen LogP contribution is -2.45. The van der Waals surface area contributed by atoms with Crippen LogP contribution >= 0.6 is 11.3 Å². The molecule has 5 heteroatoms.